The first kappa shape index (κ1) is 9.57. The minimum Gasteiger partial charge on any atom is -0.0802 e. The van der Waals surface area contributed by atoms with E-state index in [0.717, 1.165) is 5.92 Å². The Morgan fingerprint density at radius 3 is 2.75 bits per heavy atom. The van der Waals surface area contributed by atoms with Crippen molar-refractivity contribution < 1.29 is 0 Å². The van der Waals surface area contributed by atoms with Gasteiger partial charge in [-0.3, -0.25) is 0 Å². The Bertz CT molecular complexity index is 196. The Balaban J connectivity index is 0.000000336. The predicted molar refractivity (Wildman–Crippen MR) is 55.1 cm³/mol. The lowest BCUT2D eigenvalue weighted by atomic mass is 9.85. The summed E-state index contributed by atoms with van der Waals surface area (Å²) in [5.41, 5.74) is 3.38. The van der Waals surface area contributed by atoms with Gasteiger partial charge in [-0.2, -0.15) is 0 Å². The highest BCUT2D eigenvalue weighted by Crippen LogP contribution is 2.36. The van der Waals surface area contributed by atoms with Crippen molar-refractivity contribution in [3.05, 3.63) is 23.3 Å². The van der Waals surface area contributed by atoms with Gasteiger partial charge >= 0.3 is 0 Å². The maximum absolute atomic E-state index is 2.36. The van der Waals surface area contributed by atoms with Gasteiger partial charge in [-0.05, 0) is 37.2 Å². The van der Waals surface area contributed by atoms with Crippen LogP contribution in [-0.2, 0) is 0 Å². The van der Waals surface area contributed by atoms with Crippen molar-refractivity contribution in [1.29, 1.82) is 0 Å². The molecule has 1 atom stereocenters. The average Bonchev–Trinajstić information content (AvgIpc) is 2.57. The molecule has 12 heavy (non-hydrogen) atoms. The summed E-state index contributed by atoms with van der Waals surface area (Å²) in [6, 6.07) is 0. The molecule has 0 amide bonds. The van der Waals surface area contributed by atoms with Crippen LogP contribution in [0.25, 0.3) is 0 Å². The van der Waals surface area contributed by atoms with E-state index in [4.69, 9.17) is 0 Å². The third kappa shape index (κ3) is 1.80. The van der Waals surface area contributed by atoms with Crippen LogP contribution in [0.4, 0.5) is 0 Å². The van der Waals surface area contributed by atoms with Crippen molar-refractivity contribution in [2.75, 3.05) is 0 Å². The van der Waals surface area contributed by atoms with Gasteiger partial charge in [0.15, 0.2) is 0 Å². The van der Waals surface area contributed by atoms with Crippen LogP contribution in [0.15, 0.2) is 23.3 Å². The smallest absolute Gasteiger partial charge is 0.0127 e. The lowest BCUT2D eigenvalue weighted by molar-refractivity contribution is 0.537. The van der Waals surface area contributed by atoms with E-state index in [1.807, 2.05) is 13.8 Å². The average molecular weight is 164 g/mol. The van der Waals surface area contributed by atoms with Crippen molar-refractivity contribution in [2.24, 2.45) is 5.92 Å². The van der Waals surface area contributed by atoms with E-state index in [9.17, 15) is 0 Å². The second-order valence-corrected chi connectivity index (χ2v) is 3.45. The van der Waals surface area contributed by atoms with Crippen LogP contribution in [0.1, 0.15) is 46.5 Å². The van der Waals surface area contributed by atoms with Crippen molar-refractivity contribution >= 4 is 0 Å². The van der Waals surface area contributed by atoms with Gasteiger partial charge in [0.2, 0.25) is 0 Å². The van der Waals surface area contributed by atoms with Crippen LogP contribution in [0.2, 0.25) is 0 Å². The van der Waals surface area contributed by atoms with Gasteiger partial charge in [-0.1, -0.05) is 38.5 Å². The topological polar surface area (TPSA) is 0 Å². The zero-order valence-corrected chi connectivity index (χ0v) is 8.56. The molecule has 2 rings (SSSR count). The fourth-order valence-corrected chi connectivity index (χ4v) is 2.10. The Hall–Kier alpha value is -0.520. The summed E-state index contributed by atoms with van der Waals surface area (Å²) in [6.07, 6.45) is 10.1. The van der Waals surface area contributed by atoms with Crippen LogP contribution in [0, 0.1) is 5.92 Å². The van der Waals surface area contributed by atoms with Crippen molar-refractivity contribution in [2.45, 2.75) is 46.5 Å². The van der Waals surface area contributed by atoms with E-state index >= 15 is 0 Å². The van der Waals surface area contributed by atoms with Gasteiger partial charge in [0, 0.05) is 0 Å². The van der Waals surface area contributed by atoms with Crippen molar-refractivity contribution in [3.63, 3.8) is 0 Å². The molecule has 0 fully saturated rings. The fourth-order valence-electron chi connectivity index (χ4n) is 2.10. The lowest BCUT2D eigenvalue weighted by Gasteiger charge is -2.20. The molecule has 0 aliphatic heterocycles. The van der Waals surface area contributed by atoms with Crippen molar-refractivity contribution in [1.82, 2.24) is 0 Å². The van der Waals surface area contributed by atoms with Gasteiger partial charge in [0.1, 0.15) is 0 Å². The van der Waals surface area contributed by atoms with Crippen LogP contribution in [-0.4, -0.2) is 0 Å². The first-order valence-electron chi connectivity index (χ1n) is 5.26. The maximum atomic E-state index is 2.36. The Kier molecular flexibility index (Phi) is 3.58. The molecule has 0 heteroatoms. The SMILES string of the molecule is CC.C[C@H]1CCCC2=C1CC=C2. The van der Waals surface area contributed by atoms with Crippen LogP contribution in [0.3, 0.4) is 0 Å². The summed E-state index contributed by atoms with van der Waals surface area (Å²) >= 11 is 0. The fraction of sp³-hybridized carbons (Fsp3) is 0.667. The van der Waals surface area contributed by atoms with Gasteiger partial charge in [-0.25, -0.2) is 0 Å². The van der Waals surface area contributed by atoms with E-state index in [1.165, 1.54) is 25.7 Å². The second-order valence-electron chi connectivity index (χ2n) is 3.45. The van der Waals surface area contributed by atoms with Crippen LogP contribution >= 0.6 is 0 Å². The Labute approximate surface area is 76.4 Å². The van der Waals surface area contributed by atoms with E-state index in [2.05, 4.69) is 19.1 Å². The third-order valence-corrected chi connectivity index (χ3v) is 2.75. The molecule has 0 N–H and O–H groups in total. The number of allylic oxidation sites excluding steroid dienone is 4. The van der Waals surface area contributed by atoms with Crippen molar-refractivity contribution in [3.8, 4) is 0 Å². The molecule has 0 unspecified atom stereocenters. The Morgan fingerprint density at radius 2 is 2.08 bits per heavy atom. The normalized spacial score (nSPS) is 26.4. The summed E-state index contributed by atoms with van der Waals surface area (Å²) in [5, 5.41) is 0. The van der Waals surface area contributed by atoms with E-state index in [0.29, 0.717) is 0 Å². The molecule has 0 spiro atoms. The first-order valence-corrected chi connectivity index (χ1v) is 5.26. The number of hydrogen-bond acceptors (Lipinski definition) is 0. The molecule has 2 aliphatic carbocycles. The van der Waals surface area contributed by atoms with Gasteiger partial charge < -0.3 is 0 Å². The molecule has 0 bridgehead atoms. The summed E-state index contributed by atoms with van der Waals surface area (Å²) in [4.78, 5) is 0. The summed E-state index contributed by atoms with van der Waals surface area (Å²) in [7, 11) is 0. The molecule has 0 saturated heterocycles. The quantitative estimate of drug-likeness (QED) is 0.506. The molecule has 0 heterocycles. The number of rotatable bonds is 0. The predicted octanol–water partition coefficient (Wildman–Crippen LogP) is 4.09. The minimum atomic E-state index is 0.874. The summed E-state index contributed by atoms with van der Waals surface area (Å²) in [6.45, 7) is 6.36. The molecule has 0 nitrogen and oxygen atoms in total. The third-order valence-electron chi connectivity index (χ3n) is 2.75. The van der Waals surface area contributed by atoms with Crippen LogP contribution < -0.4 is 0 Å². The molecule has 0 aromatic heterocycles. The molecule has 68 valence electrons. The Morgan fingerprint density at radius 1 is 1.33 bits per heavy atom. The van der Waals surface area contributed by atoms with E-state index in [-0.39, 0.29) is 0 Å². The van der Waals surface area contributed by atoms with E-state index < -0.39 is 0 Å². The molecule has 0 radical (unpaired) electrons. The summed E-state index contributed by atoms with van der Waals surface area (Å²) < 4.78 is 0. The van der Waals surface area contributed by atoms with Crippen LogP contribution in [0.5, 0.6) is 0 Å². The zero-order valence-electron chi connectivity index (χ0n) is 8.56. The second kappa shape index (κ2) is 4.49. The maximum Gasteiger partial charge on any atom is -0.0127 e. The largest absolute Gasteiger partial charge is 0.0802 e. The van der Waals surface area contributed by atoms with Gasteiger partial charge in [0.05, 0.1) is 0 Å². The highest BCUT2D eigenvalue weighted by atomic mass is 14.2. The summed E-state index contributed by atoms with van der Waals surface area (Å²) in [5.74, 6) is 0.874. The van der Waals surface area contributed by atoms with Gasteiger partial charge in [-0.15, -0.1) is 0 Å². The molecular formula is C12H20. The molecule has 0 aromatic carbocycles. The number of hydrogen-bond donors (Lipinski definition) is 0. The molecule has 0 saturated carbocycles. The zero-order chi connectivity index (χ0) is 8.97. The van der Waals surface area contributed by atoms with Gasteiger partial charge in [0.25, 0.3) is 0 Å². The minimum absolute atomic E-state index is 0.874. The first-order chi connectivity index (χ1) is 5.88. The molecular weight excluding hydrogens is 144 g/mol. The monoisotopic (exact) mass is 164 g/mol. The molecule has 0 aromatic rings. The molecule has 2 aliphatic rings. The lowest BCUT2D eigenvalue weighted by Crippen LogP contribution is -2.05. The standard InChI is InChI=1S/C10H14.C2H6/c1-8-4-2-5-9-6-3-7-10(8)9;1-2/h3,6,8H,2,4-5,7H2,1H3;1-2H3/t8-;/m0./s1. The highest BCUT2D eigenvalue weighted by molar-refractivity contribution is 5.36. The highest BCUT2D eigenvalue weighted by Gasteiger charge is 2.19. The van der Waals surface area contributed by atoms with E-state index in [1.54, 1.807) is 11.1 Å².